The van der Waals surface area contributed by atoms with Crippen LogP contribution in [0.4, 0.5) is 0 Å². The monoisotopic (exact) mass is 253 g/mol. The molecule has 2 aliphatic carbocycles. The number of hydrogen-bond donors (Lipinski definition) is 1. The van der Waals surface area contributed by atoms with Crippen molar-refractivity contribution in [1.29, 1.82) is 0 Å². The predicted octanol–water partition coefficient (Wildman–Crippen LogP) is 2.35. The Hall–Kier alpha value is -1.39. The molecule has 0 spiro atoms. The van der Waals surface area contributed by atoms with Gasteiger partial charge in [-0.3, -0.25) is 14.9 Å². The molecule has 0 aromatic rings. The zero-order valence-corrected chi connectivity index (χ0v) is 10.8. The molecule has 0 radical (unpaired) electrons. The van der Waals surface area contributed by atoms with E-state index in [1.807, 2.05) is 0 Å². The largest absolute Gasteiger partial charge is 0.481 e. The first-order valence-electron chi connectivity index (χ1n) is 6.38. The highest BCUT2D eigenvalue weighted by atomic mass is 16.6. The number of fused-ring (bicyclic) bond motifs is 1. The van der Waals surface area contributed by atoms with Gasteiger partial charge in [0, 0.05) is 4.92 Å². The third-order valence-corrected chi connectivity index (χ3v) is 4.46. The van der Waals surface area contributed by atoms with Crippen molar-refractivity contribution in [3.63, 3.8) is 0 Å². The van der Waals surface area contributed by atoms with Gasteiger partial charge >= 0.3 is 5.97 Å². The van der Waals surface area contributed by atoms with E-state index in [-0.39, 0.29) is 23.8 Å². The van der Waals surface area contributed by atoms with Gasteiger partial charge in [0.1, 0.15) is 0 Å². The fraction of sp³-hybridized carbons (Fsp3) is 0.769. The number of nitrogens with zero attached hydrogens (tertiary/aromatic N) is 1. The molecule has 1 fully saturated rings. The Morgan fingerprint density at radius 1 is 1.67 bits per heavy atom. The van der Waals surface area contributed by atoms with Crippen LogP contribution in [0.1, 0.15) is 33.1 Å². The third-order valence-electron chi connectivity index (χ3n) is 4.46. The van der Waals surface area contributed by atoms with E-state index >= 15 is 0 Å². The lowest BCUT2D eigenvalue weighted by Gasteiger charge is -2.48. The highest BCUT2D eigenvalue weighted by Crippen LogP contribution is 2.60. The summed E-state index contributed by atoms with van der Waals surface area (Å²) < 4.78 is 0. The molecular weight excluding hydrogens is 234 g/mol. The van der Waals surface area contributed by atoms with Crippen LogP contribution in [-0.4, -0.2) is 22.5 Å². The van der Waals surface area contributed by atoms with Crippen molar-refractivity contribution in [3.8, 4) is 0 Å². The average Bonchev–Trinajstić information content (AvgIpc) is 2.54. The molecule has 1 saturated carbocycles. The first-order chi connectivity index (χ1) is 8.34. The quantitative estimate of drug-likeness (QED) is 0.463. The average molecular weight is 253 g/mol. The van der Waals surface area contributed by atoms with Crippen LogP contribution in [-0.2, 0) is 4.79 Å². The maximum absolute atomic E-state index is 10.9. The van der Waals surface area contributed by atoms with Crippen LogP contribution >= 0.6 is 0 Å². The molecular formula is C13H19NO4. The molecule has 5 heteroatoms. The predicted molar refractivity (Wildman–Crippen MR) is 65.7 cm³/mol. The summed E-state index contributed by atoms with van der Waals surface area (Å²) in [7, 11) is 0. The number of carbonyl (C=O) groups is 1. The summed E-state index contributed by atoms with van der Waals surface area (Å²) >= 11 is 0. The summed E-state index contributed by atoms with van der Waals surface area (Å²) in [5.74, 6) is 0.0496. The van der Waals surface area contributed by atoms with E-state index in [4.69, 9.17) is 5.11 Å². The Bertz CT molecular complexity index is 397. The lowest BCUT2D eigenvalue weighted by molar-refractivity contribution is -0.505. The zero-order valence-electron chi connectivity index (χ0n) is 10.8. The van der Waals surface area contributed by atoms with Crippen molar-refractivity contribution in [2.24, 2.45) is 23.2 Å². The van der Waals surface area contributed by atoms with Gasteiger partial charge in [0.25, 0.3) is 0 Å². The van der Waals surface area contributed by atoms with E-state index in [1.165, 1.54) is 5.57 Å². The number of nitro groups is 1. The van der Waals surface area contributed by atoms with Crippen LogP contribution in [0.2, 0.25) is 0 Å². The number of rotatable bonds is 5. The van der Waals surface area contributed by atoms with E-state index in [9.17, 15) is 14.9 Å². The Kier molecular flexibility index (Phi) is 3.17. The summed E-state index contributed by atoms with van der Waals surface area (Å²) in [4.78, 5) is 21.4. The Morgan fingerprint density at radius 3 is 2.83 bits per heavy atom. The summed E-state index contributed by atoms with van der Waals surface area (Å²) in [6.07, 6.45) is 3.70. The molecule has 2 aliphatic rings. The van der Waals surface area contributed by atoms with Crippen molar-refractivity contribution in [2.75, 3.05) is 6.54 Å². The van der Waals surface area contributed by atoms with E-state index in [1.54, 1.807) is 0 Å². The van der Waals surface area contributed by atoms with Crippen LogP contribution < -0.4 is 0 Å². The van der Waals surface area contributed by atoms with Crippen LogP contribution in [0, 0.1) is 33.3 Å². The summed E-state index contributed by atoms with van der Waals surface area (Å²) in [5, 5.41) is 19.8. The number of aliphatic carboxylic acids is 1. The number of allylic oxidation sites excluding steroid dienone is 2. The van der Waals surface area contributed by atoms with Crippen LogP contribution in [0.5, 0.6) is 0 Å². The minimum Gasteiger partial charge on any atom is -0.481 e. The maximum Gasteiger partial charge on any atom is 0.304 e. The van der Waals surface area contributed by atoms with Gasteiger partial charge in [-0.1, -0.05) is 25.5 Å². The van der Waals surface area contributed by atoms with E-state index < -0.39 is 11.4 Å². The van der Waals surface area contributed by atoms with Crippen LogP contribution in [0.15, 0.2) is 11.6 Å². The SMILES string of the molecule is CC(C)C1=CC2[C@@H](C1)C[C@]2(CC(=O)O)C[N+](=O)[O-]. The van der Waals surface area contributed by atoms with Crippen molar-refractivity contribution in [1.82, 2.24) is 0 Å². The van der Waals surface area contributed by atoms with Crippen molar-refractivity contribution < 1.29 is 14.8 Å². The Labute approximate surface area is 106 Å². The topological polar surface area (TPSA) is 80.4 Å². The zero-order chi connectivity index (χ0) is 13.5. The van der Waals surface area contributed by atoms with Gasteiger partial charge in [0.2, 0.25) is 6.54 Å². The van der Waals surface area contributed by atoms with Gasteiger partial charge in [-0.25, -0.2) is 0 Å². The number of carboxylic acids is 1. The lowest BCUT2D eigenvalue weighted by Crippen LogP contribution is -2.50. The molecule has 3 atom stereocenters. The Morgan fingerprint density at radius 2 is 2.33 bits per heavy atom. The van der Waals surface area contributed by atoms with Crippen LogP contribution in [0.3, 0.4) is 0 Å². The lowest BCUT2D eigenvalue weighted by atomic mass is 9.53. The molecule has 1 unspecified atom stereocenters. The smallest absolute Gasteiger partial charge is 0.304 e. The molecule has 1 N–H and O–H groups in total. The van der Waals surface area contributed by atoms with Gasteiger partial charge in [0.05, 0.1) is 11.8 Å². The molecule has 0 saturated heterocycles. The molecule has 0 aliphatic heterocycles. The third kappa shape index (κ3) is 2.13. The van der Waals surface area contributed by atoms with Crippen molar-refractivity contribution in [2.45, 2.75) is 33.1 Å². The summed E-state index contributed by atoms with van der Waals surface area (Å²) in [5.41, 5.74) is 0.692. The summed E-state index contributed by atoms with van der Waals surface area (Å²) in [6.45, 7) is 4.01. The minimum atomic E-state index is -0.929. The number of hydrogen-bond acceptors (Lipinski definition) is 3. The van der Waals surface area contributed by atoms with Gasteiger partial charge in [-0.15, -0.1) is 0 Å². The molecule has 18 heavy (non-hydrogen) atoms. The standard InChI is InChI=1S/C13H19NO4/c1-8(2)9-3-10-5-13(6-12(15)16,7-14(17)18)11(10)4-9/h4,8,10-11H,3,5-7H2,1-2H3,(H,15,16)/t10-,11?,13-/m0/s1. The second kappa shape index (κ2) is 4.37. The number of carboxylic acid groups (broad SMARTS) is 1. The second-order valence-corrected chi connectivity index (χ2v) is 6.01. The molecule has 5 nitrogen and oxygen atoms in total. The molecule has 2 rings (SSSR count). The molecule has 100 valence electrons. The van der Waals surface area contributed by atoms with E-state index in [0.717, 1.165) is 6.42 Å². The summed E-state index contributed by atoms with van der Waals surface area (Å²) in [6, 6.07) is 0. The first-order valence-corrected chi connectivity index (χ1v) is 6.38. The molecule has 0 amide bonds. The molecule has 0 aromatic carbocycles. The van der Waals surface area contributed by atoms with Crippen molar-refractivity contribution in [3.05, 3.63) is 21.8 Å². The Balaban J connectivity index is 2.19. The van der Waals surface area contributed by atoms with E-state index in [2.05, 4.69) is 19.9 Å². The first kappa shape index (κ1) is 13.1. The second-order valence-electron chi connectivity index (χ2n) is 6.01. The van der Waals surface area contributed by atoms with Gasteiger partial charge in [0.15, 0.2) is 0 Å². The highest BCUT2D eigenvalue weighted by Gasteiger charge is 2.58. The maximum atomic E-state index is 10.9. The van der Waals surface area contributed by atoms with E-state index in [0.29, 0.717) is 18.3 Å². The normalized spacial score (nSPS) is 33.8. The molecule has 0 heterocycles. The van der Waals surface area contributed by atoms with Gasteiger partial charge in [-0.05, 0) is 30.6 Å². The highest BCUT2D eigenvalue weighted by molar-refractivity contribution is 5.68. The minimum absolute atomic E-state index is 0.0863. The fourth-order valence-corrected chi connectivity index (χ4v) is 3.64. The molecule has 0 aromatic heterocycles. The van der Waals surface area contributed by atoms with Crippen LogP contribution in [0.25, 0.3) is 0 Å². The van der Waals surface area contributed by atoms with Gasteiger partial charge < -0.3 is 5.11 Å². The van der Waals surface area contributed by atoms with Gasteiger partial charge in [-0.2, -0.15) is 0 Å². The molecule has 0 bridgehead atoms. The van der Waals surface area contributed by atoms with Crippen molar-refractivity contribution >= 4 is 5.97 Å². The fourth-order valence-electron chi connectivity index (χ4n) is 3.64.